The second-order valence-corrected chi connectivity index (χ2v) is 10.0. The van der Waals surface area contributed by atoms with Crippen molar-refractivity contribution in [1.29, 1.82) is 0 Å². The number of hydrogen-bond acceptors (Lipinski definition) is 5. The van der Waals surface area contributed by atoms with Gasteiger partial charge in [-0.2, -0.15) is 0 Å². The van der Waals surface area contributed by atoms with Gasteiger partial charge in [0.2, 0.25) is 10.0 Å². The molecule has 3 aromatic rings. The van der Waals surface area contributed by atoms with Gasteiger partial charge < -0.3 is 14.8 Å². The number of ether oxygens (including phenoxy) is 2. The number of benzene rings is 3. The molecule has 3 N–H and O–H groups in total. The summed E-state index contributed by atoms with van der Waals surface area (Å²) in [7, 11) is -2.12. The molecule has 1 aliphatic rings. The number of hydrogen-bond donors (Lipinski definition) is 2. The SMILES string of the molecule is COc1cccc(C2C(CCS(N)(=O)=O)NC(=O)N2c2ccc(Oc3ccc(Cl)cc3)cc2)c1. The molecule has 0 radical (unpaired) electrons. The number of halogens is 1. The van der Waals surface area contributed by atoms with Gasteiger partial charge >= 0.3 is 6.03 Å². The smallest absolute Gasteiger partial charge is 0.322 e. The quantitative estimate of drug-likeness (QED) is 0.473. The van der Waals surface area contributed by atoms with E-state index in [1.54, 1.807) is 66.6 Å². The molecule has 10 heteroatoms. The van der Waals surface area contributed by atoms with E-state index >= 15 is 0 Å². The van der Waals surface area contributed by atoms with Crippen LogP contribution in [0.15, 0.2) is 72.8 Å². The minimum absolute atomic E-state index is 0.167. The van der Waals surface area contributed by atoms with Gasteiger partial charge in [-0.05, 0) is 72.6 Å². The van der Waals surface area contributed by atoms with Gasteiger partial charge in [0.1, 0.15) is 17.2 Å². The number of nitrogens with zero attached hydrogens (tertiary/aromatic N) is 1. The lowest BCUT2D eigenvalue weighted by Gasteiger charge is -2.27. The lowest BCUT2D eigenvalue weighted by molar-refractivity contribution is 0.250. The third-order valence-corrected chi connectivity index (χ3v) is 6.56. The van der Waals surface area contributed by atoms with E-state index in [0.717, 1.165) is 5.56 Å². The molecule has 2 atom stereocenters. The Morgan fingerprint density at radius 3 is 2.26 bits per heavy atom. The van der Waals surface area contributed by atoms with Crippen molar-refractivity contribution in [3.05, 3.63) is 83.4 Å². The first-order valence-electron chi connectivity index (χ1n) is 10.5. The van der Waals surface area contributed by atoms with Gasteiger partial charge in [0.25, 0.3) is 0 Å². The number of primary sulfonamides is 1. The molecule has 0 aromatic heterocycles. The predicted molar refractivity (Wildman–Crippen MR) is 131 cm³/mol. The number of anilines is 1. The van der Waals surface area contributed by atoms with Crippen molar-refractivity contribution in [3.63, 3.8) is 0 Å². The van der Waals surface area contributed by atoms with Crippen LogP contribution in [-0.2, 0) is 10.0 Å². The molecular weight excluding hydrogens is 478 g/mol. The van der Waals surface area contributed by atoms with E-state index in [4.69, 9.17) is 26.2 Å². The zero-order valence-corrected chi connectivity index (χ0v) is 19.9. The summed E-state index contributed by atoms with van der Waals surface area (Å²) in [5, 5.41) is 8.73. The van der Waals surface area contributed by atoms with Gasteiger partial charge in [-0.1, -0.05) is 23.7 Å². The summed E-state index contributed by atoms with van der Waals surface area (Å²) in [6, 6.07) is 20.2. The van der Waals surface area contributed by atoms with Crippen LogP contribution in [0.25, 0.3) is 0 Å². The van der Waals surface area contributed by atoms with E-state index in [0.29, 0.717) is 28.0 Å². The first-order chi connectivity index (χ1) is 16.2. The summed E-state index contributed by atoms with van der Waals surface area (Å²) < 4.78 is 34.4. The van der Waals surface area contributed by atoms with Crippen molar-refractivity contribution in [2.75, 3.05) is 17.8 Å². The second-order valence-electron chi connectivity index (χ2n) is 7.85. The molecule has 178 valence electrons. The maximum Gasteiger partial charge on any atom is 0.322 e. The van der Waals surface area contributed by atoms with Crippen LogP contribution in [0.3, 0.4) is 0 Å². The Balaban J connectivity index is 1.63. The molecule has 1 heterocycles. The number of methoxy groups -OCH3 is 1. The van der Waals surface area contributed by atoms with Crippen molar-refractivity contribution in [2.45, 2.75) is 18.5 Å². The third kappa shape index (κ3) is 5.61. The molecule has 0 aliphatic carbocycles. The first-order valence-corrected chi connectivity index (χ1v) is 12.6. The molecule has 0 spiro atoms. The Morgan fingerprint density at radius 1 is 1.00 bits per heavy atom. The van der Waals surface area contributed by atoms with Gasteiger partial charge in [-0.15, -0.1) is 0 Å². The van der Waals surface area contributed by atoms with Crippen LogP contribution in [0.2, 0.25) is 5.02 Å². The summed E-state index contributed by atoms with van der Waals surface area (Å²) in [5.41, 5.74) is 1.44. The van der Waals surface area contributed by atoms with Crippen molar-refractivity contribution >= 4 is 33.3 Å². The number of rotatable bonds is 8. The van der Waals surface area contributed by atoms with Gasteiger partial charge in [-0.25, -0.2) is 18.4 Å². The molecule has 1 saturated heterocycles. The van der Waals surface area contributed by atoms with Crippen LogP contribution in [0, 0.1) is 0 Å². The van der Waals surface area contributed by atoms with Crippen molar-refractivity contribution < 1.29 is 22.7 Å². The molecule has 4 rings (SSSR count). The molecule has 1 aliphatic heterocycles. The Labute approximate surface area is 203 Å². The number of sulfonamides is 1. The van der Waals surface area contributed by atoms with E-state index in [1.165, 1.54) is 0 Å². The minimum Gasteiger partial charge on any atom is -0.497 e. The molecule has 3 aromatic carbocycles. The Hall–Kier alpha value is -3.27. The van der Waals surface area contributed by atoms with Gasteiger partial charge in [0.05, 0.1) is 24.9 Å². The van der Waals surface area contributed by atoms with Gasteiger partial charge in [-0.3, -0.25) is 4.90 Å². The molecule has 0 bridgehead atoms. The number of carbonyl (C=O) groups excluding carboxylic acids is 1. The Bertz CT molecular complexity index is 1270. The molecule has 2 amide bonds. The minimum atomic E-state index is -3.69. The summed E-state index contributed by atoms with van der Waals surface area (Å²) in [6.07, 6.45) is 0.167. The average molecular weight is 502 g/mol. The Kier molecular flexibility index (Phi) is 6.97. The van der Waals surface area contributed by atoms with Gasteiger partial charge in [0, 0.05) is 10.7 Å². The van der Waals surface area contributed by atoms with Crippen molar-refractivity contribution in [1.82, 2.24) is 5.32 Å². The number of carbonyl (C=O) groups is 1. The lowest BCUT2D eigenvalue weighted by Crippen LogP contribution is -2.31. The average Bonchev–Trinajstić information content (AvgIpc) is 3.15. The van der Waals surface area contributed by atoms with E-state index in [-0.39, 0.29) is 18.2 Å². The van der Waals surface area contributed by atoms with E-state index in [9.17, 15) is 13.2 Å². The first kappa shape index (κ1) is 23.9. The fourth-order valence-corrected chi connectivity index (χ4v) is 4.64. The number of nitrogens with two attached hydrogens (primary N) is 1. The van der Waals surface area contributed by atoms with Crippen LogP contribution in [-0.4, -0.2) is 33.4 Å². The largest absolute Gasteiger partial charge is 0.497 e. The molecule has 1 fully saturated rings. The van der Waals surface area contributed by atoms with Crippen LogP contribution in [0.1, 0.15) is 18.0 Å². The van der Waals surface area contributed by atoms with Crippen molar-refractivity contribution in [2.24, 2.45) is 5.14 Å². The highest BCUT2D eigenvalue weighted by Gasteiger charge is 2.41. The van der Waals surface area contributed by atoms with E-state index in [2.05, 4.69) is 5.32 Å². The predicted octanol–water partition coefficient (Wildman–Crippen LogP) is 4.46. The fraction of sp³-hybridized carbons (Fsp3) is 0.208. The number of urea groups is 1. The van der Waals surface area contributed by atoms with Crippen molar-refractivity contribution in [3.8, 4) is 17.2 Å². The molecular formula is C24H24ClN3O5S. The van der Waals surface area contributed by atoms with Crippen LogP contribution in [0.4, 0.5) is 10.5 Å². The monoisotopic (exact) mass is 501 g/mol. The van der Waals surface area contributed by atoms with Crippen LogP contribution < -0.4 is 24.8 Å². The van der Waals surface area contributed by atoms with Crippen LogP contribution in [0.5, 0.6) is 17.2 Å². The summed E-state index contributed by atoms with van der Waals surface area (Å²) in [4.78, 5) is 14.6. The number of nitrogens with one attached hydrogen (secondary N) is 1. The van der Waals surface area contributed by atoms with E-state index < -0.39 is 22.1 Å². The summed E-state index contributed by atoms with van der Waals surface area (Å²) in [6.45, 7) is 0. The third-order valence-electron chi connectivity index (χ3n) is 5.50. The highest BCUT2D eigenvalue weighted by molar-refractivity contribution is 7.89. The fourth-order valence-electron chi connectivity index (χ4n) is 3.93. The maximum absolute atomic E-state index is 13.0. The number of amides is 2. The molecule has 34 heavy (non-hydrogen) atoms. The standard InChI is InChI=1S/C24H24ClN3O5S/c1-32-21-4-2-3-16(15-21)23-22(13-14-34(26,30)31)27-24(29)28(23)18-7-11-20(12-8-18)33-19-9-5-17(25)6-10-19/h2-12,15,22-23H,13-14H2,1H3,(H,27,29)(H2,26,30,31). The second kappa shape index (κ2) is 9.92. The van der Waals surface area contributed by atoms with E-state index in [1.807, 2.05) is 18.2 Å². The zero-order chi connectivity index (χ0) is 24.3. The highest BCUT2D eigenvalue weighted by Crippen LogP contribution is 2.37. The maximum atomic E-state index is 13.0. The normalized spacial score (nSPS) is 18.0. The summed E-state index contributed by atoms with van der Waals surface area (Å²) in [5.74, 6) is 1.61. The molecule has 2 unspecified atom stereocenters. The lowest BCUT2D eigenvalue weighted by atomic mass is 9.97. The topological polar surface area (TPSA) is 111 Å². The summed E-state index contributed by atoms with van der Waals surface area (Å²) >= 11 is 5.92. The molecule has 0 saturated carbocycles. The van der Waals surface area contributed by atoms with Gasteiger partial charge in [0.15, 0.2) is 0 Å². The van der Waals surface area contributed by atoms with Crippen LogP contribution >= 0.6 is 11.6 Å². The Morgan fingerprint density at radius 2 is 1.65 bits per heavy atom. The zero-order valence-electron chi connectivity index (χ0n) is 18.3. The highest BCUT2D eigenvalue weighted by atomic mass is 35.5. The molecule has 8 nitrogen and oxygen atoms in total.